The van der Waals surface area contributed by atoms with E-state index in [1.807, 2.05) is 6.08 Å². The minimum absolute atomic E-state index is 0.0235. The standard InChI is InChI=1S/C18H36O2.C14H12O3/c1-2-3-4-5-6-7-8-9-10-11-12-13-14-15-16-17-18(19)20;15-12-5-3-10(4-6-12)1-2-11-7-13(16)9-14(17)8-11/h2-17H2,1H3,(H,19,20);1-9,15-17H. The van der Waals surface area contributed by atoms with Crippen LogP contribution < -0.4 is 0 Å². The van der Waals surface area contributed by atoms with Gasteiger partial charge in [-0.15, -0.1) is 0 Å². The molecule has 0 saturated heterocycles. The van der Waals surface area contributed by atoms with Crippen LogP contribution in [0, 0.1) is 0 Å². The average molecular weight is 513 g/mol. The number of benzene rings is 2. The fourth-order valence-corrected chi connectivity index (χ4v) is 4.14. The Balaban J connectivity index is 0.000000373. The summed E-state index contributed by atoms with van der Waals surface area (Å²) in [6.45, 7) is 2.27. The molecular weight excluding hydrogens is 464 g/mol. The van der Waals surface area contributed by atoms with E-state index >= 15 is 0 Å². The molecule has 0 unspecified atom stereocenters. The summed E-state index contributed by atoms with van der Waals surface area (Å²) in [7, 11) is 0. The largest absolute Gasteiger partial charge is 0.508 e. The summed E-state index contributed by atoms with van der Waals surface area (Å²) in [5.41, 5.74) is 1.63. The Morgan fingerprint density at radius 2 is 0.973 bits per heavy atom. The van der Waals surface area contributed by atoms with Gasteiger partial charge in [0.15, 0.2) is 0 Å². The van der Waals surface area contributed by atoms with Crippen LogP contribution in [0.3, 0.4) is 0 Å². The van der Waals surface area contributed by atoms with Crippen LogP contribution in [0.15, 0.2) is 42.5 Å². The molecule has 0 amide bonds. The number of unbranched alkanes of at least 4 members (excludes halogenated alkanes) is 14. The smallest absolute Gasteiger partial charge is 0.303 e. The highest BCUT2D eigenvalue weighted by Gasteiger charge is 1.98. The third kappa shape index (κ3) is 18.9. The van der Waals surface area contributed by atoms with E-state index in [4.69, 9.17) is 10.2 Å². The van der Waals surface area contributed by atoms with E-state index in [-0.39, 0.29) is 17.2 Å². The molecule has 0 spiro atoms. The first-order valence-electron chi connectivity index (χ1n) is 14.1. The van der Waals surface area contributed by atoms with E-state index in [9.17, 15) is 15.0 Å². The number of rotatable bonds is 18. The van der Waals surface area contributed by atoms with Gasteiger partial charge in [-0.3, -0.25) is 4.79 Å². The average Bonchev–Trinajstić information content (AvgIpc) is 2.86. The second kappa shape index (κ2) is 21.2. The molecule has 206 valence electrons. The molecule has 2 rings (SSSR count). The van der Waals surface area contributed by atoms with Crippen LogP contribution in [0.4, 0.5) is 0 Å². The molecule has 0 fully saturated rings. The molecule has 0 bridgehead atoms. The Hall–Kier alpha value is -2.95. The van der Waals surface area contributed by atoms with Gasteiger partial charge in [-0.05, 0) is 41.8 Å². The monoisotopic (exact) mass is 512 g/mol. The minimum atomic E-state index is -0.653. The van der Waals surface area contributed by atoms with Crippen molar-refractivity contribution < 1.29 is 25.2 Å². The zero-order valence-electron chi connectivity index (χ0n) is 22.7. The van der Waals surface area contributed by atoms with Crippen molar-refractivity contribution in [1.29, 1.82) is 0 Å². The van der Waals surface area contributed by atoms with Gasteiger partial charge in [0.1, 0.15) is 17.2 Å². The lowest BCUT2D eigenvalue weighted by Gasteiger charge is -2.03. The van der Waals surface area contributed by atoms with Gasteiger partial charge >= 0.3 is 5.97 Å². The second-order valence-corrected chi connectivity index (χ2v) is 9.80. The molecule has 0 atom stereocenters. The van der Waals surface area contributed by atoms with Crippen LogP contribution in [0.1, 0.15) is 121 Å². The number of carbonyl (C=O) groups is 1. The molecule has 2 aromatic carbocycles. The van der Waals surface area contributed by atoms with Crippen LogP contribution in [-0.2, 0) is 4.79 Å². The number of phenolic OH excluding ortho intramolecular Hbond substituents is 3. The Bertz CT molecular complexity index is 853. The number of hydrogen-bond donors (Lipinski definition) is 4. The highest BCUT2D eigenvalue weighted by atomic mass is 16.4. The van der Waals surface area contributed by atoms with Crippen molar-refractivity contribution in [3.63, 3.8) is 0 Å². The third-order valence-corrected chi connectivity index (χ3v) is 6.28. The molecule has 2 aromatic rings. The van der Waals surface area contributed by atoms with Crippen molar-refractivity contribution >= 4 is 18.1 Å². The van der Waals surface area contributed by atoms with Gasteiger partial charge in [0.2, 0.25) is 0 Å². The van der Waals surface area contributed by atoms with Crippen molar-refractivity contribution in [3.8, 4) is 17.2 Å². The Labute approximate surface area is 223 Å². The highest BCUT2D eigenvalue weighted by molar-refractivity contribution is 5.71. The SMILES string of the molecule is CCCCCCCCCCCCCCCCCC(=O)O.Oc1ccc(C=Cc2cc(O)cc(O)c2)cc1. The Kier molecular flexibility index (Phi) is 18.4. The number of aliphatic carboxylic acids is 1. The first-order valence-corrected chi connectivity index (χ1v) is 14.1. The van der Waals surface area contributed by atoms with E-state index in [0.29, 0.717) is 12.0 Å². The van der Waals surface area contributed by atoms with E-state index in [1.54, 1.807) is 42.5 Å². The number of carboxylic acid groups (broad SMARTS) is 1. The molecule has 0 aliphatic rings. The topological polar surface area (TPSA) is 98.0 Å². The maximum absolute atomic E-state index is 10.3. The molecule has 5 heteroatoms. The second-order valence-electron chi connectivity index (χ2n) is 9.80. The number of phenols is 3. The third-order valence-electron chi connectivity index (χ3n) is 6.28. The van der Waals surface area contributed by atoms with Crippen LogP contribution >= 0.6 is 0 Å². The maximum Gasteiger partial charge on any atom is 0.303 e. The van der Waals surface area contributed by atoms with Gasteiger partial charge in [0.25, 0.3) is 0 Å². The summed E-state index contributed by atoms with van der Waals surface area (Å²) in [4.78, 5) is 10.3. The zero-order valence-corrected chi connectivity index (χ0v) is 22.7. The predicted molar refractivity (Wildman–Crippen MR) is 154 cm³/mol. The lowest BCUT2D eigenvalue weighted by molar-refractivity contribution is -0.137. The Morgan fingerprint density at radius 3 is 1.41 bits per heavy atom. The minimum Gasteiger partial charge on any atom is -0.508 e. The van der Waals surface area contributed by atoms with Crippen molar-refractivity contribution in [2.45, 2.75) is 110 Å². The van der Waals surface area contributed by atoms with Gasteiger partial charge in [0.05, 0.1) is 0 Å². The summed E-state index contributed by atoms with van der Waals surface area (Å²) in [5.74, 6) is -0.387. The van der Waals surface area contributed by atoms with Crippen LogP contribution in [-0.4, -0.2) is 26.4 Å². The summed E-state index contributed by atoms with van der Waals surface area (Å²) >= 11 is 0. The molecule has 0 heterocycles. The quantitative estimate of drug-likeness (QED) is 0.118. The molecule has 5 nitrogen and oxygen atoms in total. The number of aromatic hydroxyl groups is 3. The Morgan fingerprint density at radius 1 is 0.568 bits per heavy atom. The van der Waals surface area contributed by atoms with Gasteiger partial charge in [-0.25, -0.2) is 0 Å². The van der Waals surface area contributed by atoms with E-state index in [0.717, 1.165) is 18.4 Å². The van der Waals surface area contributed by atoms with Gasteiger partial charge in [0, 0.05) is 12.5 Å². The first-order chi connectivity index (χ1) is 17.9. The molecule has 0 aromatic heterocycles. The van der Waals surface area contributed by atoms with E-state index in [1.165, 1.54) is 89.5 Å². The number of hydrogen-bond acceptors (Lipinski definition) is 4. The van der Waals surface area contributed by atoms with Crippen molar-refractivity contribution in [2.75, 3.05) is 0 Å². The van der Waals surface area contributed by atoms with E-state index < -0.39 is 5.97 Å². The van der Waals surface area contributed by atoms with E-state index in [2.05, 4.69) is 6.92 Å². The fourth-order valence-electron chi connectivity index (χ4n) is 4.14. The lowest BCUT2D eigenvalue weighted by Crippen LogP contribution is -1.93. The maximum atomic E-state index is 10.3. The van der Waals surface area contributed by atoms with Gasteiger partial charge in [-0.1, -0.05) is 121 Å². The summed E-state index contributed by atoms with van der Waals surface area (Å²) in [6, 6.07) is 11.1. The summed E-state index contributed by atoms with van der Waals surface area (Å²) in [6.07, 6.45) is 23.8. The van der Waals surface area contributed by atoms with Crippen molar-refractivity contribution in [3.05, 3.63) is 53.6 Å². The van der Waals surface area contributed by atoms with Crippen molar-refractivity contribution in [2.24, 2.45) is 0 Å². The van der Waals surface area contributed by atoms with Gasteiger partial charge < -0.3 is 20.4 Å². The fraction of sp³-hybridized carbons (Fsp3) is 0.531. The highest BCUT2D eigenvalue weighted by Crippen LogP contribution is 2.22. The molecular formula is C32H48O5. The number of carboxylic acids is 1. The predicted octanol–water partition coefficient (Wildman–Crippen LogP) is 9.31. The zero-order chi connectivity index (χ0) is 27.1. The summed E-state index contributed by atoms with van der Waals surface area (Å²) < 4.78 is 0. The molecule has 37 heavy (non-hydrogen) atoms. The first kappa shape index (κ1) is 32.1. The van der Waals surface area contributed by atoms with Gasteiger partial charge in [-0.2, -0.15) is 0 Å². The van der Waals surface area contributed by atoms with Crippen molar-refractivity contribution in [1.82, 2.24) is 0 Å². The summed E-state index contributed by atoms with van der Waals surface area (Å²) in [5, 5.41) is 36.2. The lowest BCUT2D eigenvalue weighted by atomic mass is 10.0. The molecule has 0 aliphatic carbocycles. The molecule has 0 radical (unpaired) electrons. The van der Waals surface area contributed by atoms with Crippen LogP contribution in [0.2, 0.25) is 0 Å². The molecule has 0 aliphatic heterocycles. The molecule has 4 N–H and O–H groups in total. The molecule has 0 saturated carbocycles. The normalized spacial score (nSPS) is 10.8. The van der Waals surface area contributed by atoms with Crippen LogP contribution in [0.25, 0.3) is 12.2 Å². The van der Waals surface area contributed by atoms with Crippen LogP contribution in [0.5, 0.6) is 17.2 Å².